The summed E-state index contributed by atoms with van der Waals surface area (Å²) in [7, 11) is 0. The third-order valence-corrected chi connectivity index (χ3v) is 14.5. The van der Waals surface area contributed by atoms with Gasteiger partial charge in [-0.15, -0.1) is 0 Å². The van der Waals surface area contributed by atoms with Crippen molar-refractivity contribution in [2.24, 2.45) is 0 Å². The summed E-state index contributed by atoms with van der Waals surface area (Å²) >= 11 is 0. The van der Waals surface area contributed by atoms with E-state index in [4.69, 9.17) is 9.47 Å². The van der Waals surface area contributed by atoms with Crippen LogP contribution in [0.4, 0.5) is 34.1 Å². The minimum Gasteiger partial charge on any atom is -0.449 e. The molecule has 11 aromatic carbocycles. The fourth-order valence-electron chi connectivity index (χ4n) is 11.6. The molecular formula is C67H44N2O2. The molecule has 0 radical (unpaired) electrons. The number of fused-ring (bicyclic) bond motifs is 13. The molecule has 1 spiro atoms. The number of ether oxygens (including phenoxy) is 2. The summed E-state index contributed by atoms with van der Waals surface area (Å²) in [6.45, 7) is 0. The lowest BCUT2D eigenvalue weighted by molar-refractivity contribution is 0.363. The Kier molecular flexibility index (Phi) is 9.39. The van der Waals surface area contributed by atoms with Gasteiger partial charge in [0.2, 0.25) is 0 Å². The first-order chi connectivity index (χ1) is 35.3. The molecule has 0 bridgehead atoms. The normalized spacial score (nSPS) is 12.8. The van der Waals surface area contributed by atoms with E-state index in [-0.39, 0.29) is 0 Å². The molecule has 11 aromatic rings. The summed E-state index contributed by atoms with van der Waals surface area (Å²) in [5.74, 6) is 2.72. The first-order valence-corrected chi connectivity index (χ1v) is 24.3. The van der Waals surface area contributed by atoms with Crippen molar-refractivity contribution in [3.63, 3.8) is 0 Å². The molecule has 71 heavy (non-hydrogen) atoms. The highest BCUT2D eigenvalue weighted by Crippen LogP contribution is 2.67. The average molecular weight is 909 g/mol. The first kappa shape index (κ1) is 40.7. The molecule has 0 unspecified atom stereocenters. The van der Waals surface area contributed by atoms with Crippen molar-refractivity contribution in [3.05, 3.63) is 289 Å². The Morgan fingerprint density at radius 3 is 1.31 bits per heavy atom. The van der Waals surface area contributed by atoms with Crippen LogP contribution in [0.1, 0.15) is 22.3 Å². The van der Waals surface area contributed by atoms with Gasteiger partial charge in [-0.3, -0.25) is 0 Å². The molecule has 0 fully saturated rings. The molecule has 1 aliphatic heterocycles. The van der Waals surface area contributed by atoms with Gasteiger partial charge in [0.25, 0.3) is 0 Å². The lowest BCUT2D eigenvalue weighted by atomic mass is 9.70. The van der Waals surface area contributed by atoms with Crippen LogP contribution in [0.2, 0.25) is 0 Å². The van der Waals surface area contributed by atoms with Crippen molar-refractivity contribution < 1.29 is 9.47 Å². The van der Waals surface area contributed by atoms with Crippen LogP contribution in [-0.4, -0.2) is 0 Å². The first-order valence-electron chi connectivity index (χ1n) is 24.3. The topological polar surface area (TPSA) is 24.9 Å². The molecule has 0 amide bonds. The van der Waals surface area contributed by atoms with E-state index in [1.807, 2.05) is 0 Å². The Morgan fingerprint density at radius 2 is 0.718 bits per heavy atom. The summed E-state index contributed by atoms with van der Waals surface area (Å²) in [5, 5.41) is 0. The molecule has 3 aliphatic rings. The fourth-order valence-corrected chi connectivity index (χ4v) is 11.6. The summed E-state index contributed by atoms with van der Waals surface area (Å²) in [6.07, 6.45) is 0. The van der Waals surface area contributed by atoms with Gasteiger partial charge in [-0.2, -0.15) is 0 Å². The molecule has 4 nitrogen and oxygen atoms in total. The van der Waals surface area contributed by atoms with E-state index in [1.165, 1.54) is 33.4 Å². The molecule has 0 saturated heterocycles. The van der Waals surface area contributed by atoms with E-state index in [0.29, 0.717) is 23.0 Å². The molecule has 0 atom stereocenters. The quantitative estimate of drug-likeness (QED) is 0.152. The van der Waals surface area contributed by atoms with Gasteiger partial charge in [0, 0.05) is 50.7 Å². The van der Waals surface area contributed by atoms with E-state index < -0.39 is 5.41 Å². The second-order valence-electron chi connectivity index (χ2n) is 18.3. The fraction of sp³-hybridized carbons (Fsp3) is 0.0149. The largest absolute Gasteiger partial charge is 0.449 e. The minimum absolute atomic E-state index is 0.537. The standard InChI is InChI=1S/C67H44N2O2/c1-5-23-46(24-6-1)68(47-25-7-2-8-26-47)50-31-21-22-45(44-50)51-40-41-55(54-34-16-20-39-61(54)69(48-27-9-3-10-28-48)49-29-11-4-12-30-49)65-64(51)70-62-43-42-60-63(66(62)71-65)56-35-15-19-38-59(56)67(60)57-36-17-13-32-52(57)53-33-14-18-37-58(53)67/h1-44H. The van der Waals surface area contributed by atoms with E-state index in [2.05, 4.69) is 277 Å². The molecule has 1 heterocycles. The molecule has 14 rings (SSSR count). The molecule has 334 valence electrons. The highest BCUT2D eigenvalue weighted by atomic mass is 16.6. The Morgan fingerprint density at radius 1 is 0.268 bits per heavy atom. The summed E-state index contributed by atoms with van der Waals surface area (Å²) < 4.78 is 15.2. The highest BCUT2D eigenvalue weighted by Gasteiger charge is 2.53. The zero-order valence-corrected chi connectivity index (χ0v) is 38.6. The number of para-hydroxylation sites is 5. The van der Waals surface area contributed by atoms with Gasteiger partial charge in [-0.1, -0.05) is 182 Å². The number of hydrogen-bond acceptors (Lipinski definition) is 4. The predicted octanol–water partition coefficient (Wildman–Crippen LogP) is 18.2. The van der Waals surface area contributed by atoms with Gasteiger partial charge < -0.3 is 19.3 Å². The van der Waals surface area contributed by atoms with E-state index in [9.17, 15) is 0 Å². The van der Waals surface area contributed by atoms with Crippen LogP contribution >= 0.6 is 0 Å². The molecule has 0 saturated carbocycles. The number of benzene rings is 11. The number of rotatable bonds is 8. The maximum Gasteiger partial charge on any atom is 0.178 e. The van der Waals surface area contributed by atoms with Crippen LogP contribution in [0.15, 0.2) is 267 Å². The van der Waals surface area contributed by atoms with Gasteiger partial charge in [-0.05, 0) is 129 Å². The monoisotopic (exact) mass is 908 g/mol. The zero-order chi connectivity index (χ0) is 46.9. The van der Waals surface area contributed by atoms with E-state index in [1.54, 1.807) is 0 Å². The summed E-state index contributed by atoms with van der Waals surface area (Å²) in [6, 6.07) is 95.1. The SMILES string of the molecule is c1ccc(N(c2ccccc2)c2cccc(-c3ccc(-c4ccccc4N(c4ccccc4)c4ccccc4)c4c3Oc3ccc5c(c3O4)-c3ccccc3C53c4ccccc4-c4ccccc43)c2)cc1. The van der Waals surface area contributed by atoms with Crippen LogP contribution < -0.4 is 19.3 Å². The maximum atomic E-state index is 7.71. The second-order valence-corrected chi connectivity index (χ2v) is 18.3. The van der Waals surface area contributed by atoms with Crippen molar-refractivity contribution >= 4 is 34.1 Å². The van der Waals surface area contributed by atoms with E-state index >= 15 is 0 Å². The zero-order valence-electron chi connectivity index (χ0n) is 38.6. The van der Waals surface area contributed by atoms with Crippen molar-refractivity contribution in [3.8, 4) is 67.5 Å². The number of hydrogen-bond donors (Lipinski definition) is 0. The lowest BCUT2D eigenvalue weighted by Crippen LogP contribution is -2.25. The van der Waals surface area contributed by atoms with Gasteiger partial charge >= 0.3 is 0 Å². The van der Waals surface area contributed by atoms with Gasteiger partial charge in [-0.25, -0.2) is 0 Å². The smallest absolute Gasteiger partial charge is 0.178 e. The molecule has 4 heteroatoms. The Bertz CT molecular complexity index is 3710. The number of nitrogens with zero attached hydrogens (tertiary/aromatic N) is 2. The Hall–Kier alpha value is -9.38. The third kappa shape index (κ3) is 6.25. The van der Waals surface area contributed by atoms with Crippen molar-refractivity contribution in [2.75, 3.05) is 9.80 Å². The van der Waals surface area contributed by atoms with Crippen LogP contribution in [0.25, 0.3) is 44.5 Å². The minimum atomic E-state index is -0.537. The Balaban J connectivity index is 1.00. The van der Waals surface area contributed by atoms with Gasteiger partial charge in [0.05, 0.1) is 11.1 Å². The molecule has 0 aromatic heterocycles. The molecule has 0 N–H and O–H groups in total. The second kappa shape index (κ2) is 16.4. The average Bonchev–Trinajstić information content (AvgIpc) is 3.93. The maximum absolute atomic E-state index is 7.71. The predicted molar refractivity (Wildman–Crippen MR) is 290 cm³/mol. The molecular weight excluding hydrogens is 865 g/mol. The summed E-state index contributed by atoms with van der Waals surface area (Å²) in [4.78, 5) is 4.62. The molecule has 2 aliphatic carbocycles. The van der Waals surface area contributed by atoms with Crippen molar-refractivity contribution in [1.29, 1.82) is 0 Å². The van der Waals surface area contributed by atoms with Gasteiger partial charge in [0.1, 0.15) is 0 Å². The summed E-state index contributed by atoms with van der Waals surface area (Å²) in [5.41, 5.74) is 19.3. The van der Waals surface area contributed by atoms with Crippen LogP contribution in [0.5, 0.6) is 23.0 Å². The highest BCUT2D eigenvalue weighted by molar-refractivity contribution is 6.00. The number of anilines is 6. The van der Waals surface area contributed by atoms with Crippen molar-refractivity contribution in [2.45, 2.75) is 5.41 Å². The van der Waals surface area contributed by atoms with Crippen LogP contribution in [0.3, 0.4) is 0 Å². The van der Waals surface area contributed by atoms with Gasteiger partial charge in [0.15, 0.2) is 23.0 Å². The van der Waals surface area contributed by atoms with Crippen LogP contribution in [-0.2, 0) is 5.41 Å². The van der Waals surface area contributed by atoms with Crippen LogP contribution in [0, 0.1) is 0 Å². The Labute approximate surface area is 413 Å². The lowest BCUT2D eigenvalue weighted by Gasteiger charge is -2.32. The van der Waals surface area contributed by atoms with E-state index in [0.717, 1.165) is 67.5 Å². The van der Waals surface area contributed by atoms with Crippen molar-refractivity contribution in [1.82, 2.24) is 0 Å². The third-order valence-electron chi connectivity index (χ3n) is 14.5.